The fourth-order valence-corrected chi connectivity index (χ4v) is 18.8. The number of carbonyl (C=O) groups is 1. The summed E-state index contributed by atoms with van der Waals surface area (Å²) < 4.78 is 97.3. The highest BCUT2D eigenvalue weighted by atomic mass is 16.8. The van der Waals surface area contributed by atoms with Crippen molar-refractivity contribution in [1.82, 2.24) is 0 Å². The summed E-state index contributed by atoms with van der Waals surface area (Å²) in [5.74, 6) is -2.01. The molecule has 16 fully saturated rings. The average Bonchev–Trinajstić information content (AvgIpc) is 4.46. The van der Waals surface area contributed by atoms with Crippen LogP contribution in [0.25, 0.3) is 0 Å². The number of carbonyl (C=O) groups excluding carboxylic acids is 1. The molecule has 0 unspecified atom stereocenters. The topological polar surface area (TPSA) is 207 Å². The maximum absolute atomic E-state index is 14.6. The Morgan fingerprint density at radius 2 is 1.23 bits per heavy atom. The van der Waals surface area contributed by atoms with E-state index in [0.29, 0.717) is 57.3 Å². The van der Waals surface area contributed by atoms with Crippen LogP contribution >= 0.6 is 0 Å². The third-order valence-corrected chi connectivity index (χ3v) is 22.6. The largest absolute Gasteiger partial charge is 0.459 e. The number of esters is 1. The standard InChI is InChI=1S/C61H88O18/c1-27-13-35-9-10-40-28(2)14-37(66-40)11-12-59-24-48-56(78-59)38-15-33-7-8-36(68-55(33)58(79-59)57(38)72-48)17-50(65)73-54-32(6)53-45(69-44(54)18-41(67-35)31(27)5)20-43-47(71-53)23-61(74-43)25-49-52(77-61)30(4)22-60(76-49)21-29(3)51-46(75-60)19-42(70-51)39(64)16-34(63)26-62/h27,29-30,32-49,51-58,62-64H,2,5,7-26H2,1,3-4,6H3/t27-,29+,30+,32+,33-,34-,35+,36-,37+,38+,39+,40+,41-,42+,43-,44+,45+,46+,47-,48+,49+,51+,52+,53+,54-,55+,56+,57-,58+,59+,60-,61+/m1/s1. The van der Waals surface area contributed by atoms with E-state index in [1.165, 1.54) is 0 Å². The molecule has 0 aromatic rings. The molecule has 1 aliphatic carbocycles. The van der Waals surface area contributed by atoms with E-state index in [-0.39, 0.29) is 158 Å². The number of hydrogen-bond donors (Lipinski definition) is 3. The van der Waals surface area contributed by atoms with Crippen LogP contribution in [0.2, 0.25) is 0 Å². The van der Waals surface area contributed by atoms with E-state index >= 15 is 0 Å². The molecule has 3 spiro atoms. The first-order chi connectivity index (χ1) is 38.0. The van der Waals surface area contributed by atoms with Crippen LogP contribution in [0, 0.1) is 35.5 Å². The maximum Gasteiger partial charge on any atom is 0.308 e. The summed E-state index contributed by atoms with van der Waals surface area (Å²) in [5.41, 5.74) is 2.18. The molecule has 32 atom stereocenters. The van der Waals surface area contributed by atoms with E-state index < -0.39 is 54.5 Å². The summed E-state index contributed by atoms with van der Waals surface area (Å²) in [6.45, 7) is 17.5. The lowest BCUT2D eigenvalue weighted by Crippen LogP contribution is -2.61. The smallest absolute Gasteiger partial charge is 0.308 e. The molecule has 0 aromatic carbocycles. The Morgan fingerprint density at radius 3 is 2.08 bits per heavy atom. The fraction of sp³-hybridized carbons (Fsp3) is 0.918. The summed E-state index contributed by atoms with van der Waals surface area (Å²) in [4.78, 5) is 14.6. The first-order valence-electron chi connectivity index (χ1n) is 31.2. The van der Waals surface area contributed by atoms with Crippen LogP contribution in [0.5, 0.6) is 0 Å². The van der Waals surface area contributed by atoms with Gasteiger partial charge in [-0.1, -0.05) is 40.9 Å². The monoisotopic (exact) mass is 1110 g/mol. The number of aliphatic hydroxyl groups is 3. The Labute approximate surface area is 464 Å². The van der Waals surface area contributed by atoms with Crippen LogP contribution in [0.3, 0.4) is 0 Å². The molecule has 15 aliphatic heterocycles. The first kappa shape index (κ1) is 54.0. The summed E-state index contributed by atoms with van der Waals surface area (Å²) >= 11 is 0. The second kappa shape index (κ2) is 20.2. The Balaban J connectivity index is 0.655. The van der Waals surface area contributed by atoms with Crippen molar-refractivity contribution in [2.75, 3.05) is 6.61 Å². The highest BCUT2D eigenvalue weighted by Crippen LogP contribution is 2.59. The second-order valence-corrected chi connectivity index (χ2v) is 28.1. The third-order valence-electron chi connectivity index (χ3n) is 22.6. The molecule has 440 valence electrons. The second-order valence-electron chi connectivity index (χ2n) is 28.1. The summed E-state index contributed by atoms with van der Waals surface area (Å²) in [5, 5.41) is 30.3. The van der Waals surface area contributed by atoms with Gasteiger partial charge in [-0.3, -0.25) is 4.79 Å². The molecular weight excluding hydrogens is 1020 g/mol. The van der Waals surface area contributed by atoms with E-state index in [4.69, 9.17) is 66.3 Å². The Morgan fingerprint density at radius 1 is 0.532 bits per heavy atom. The summed E-state index contributed by atoms with van der Waals surface area (Å²) in [6.07, 6.45) is 5.48. The molecular formula is C61H88O18. The van der Waals surface area contributed by atoms with Gasteiger partial charge in [0.05, 0.1) is 141 Å². The maximum atomic E-state index is 14.6. The Kier molecular flexibility index (Phi) is 13.8. The lowest BCUT2D eigenvalue weighted by Gasteiger charge is -2.50. The van der Waals surface area contributed by atoms with Crippen LogP contribution in [-0.4, -0.2) is 186 Å². The van der Waals surface area contributed by atoms with Gasteiger partial charge in [0.1, 0.15) is 12.2 Å². The minimum Gasteiger partial charge on any atom is -0.459 e. The zero-order chi connectivity index (χ0) is 54.0. The van der Waals surface area contributed by atoms with Crippen molar-refractivity contribution >= 4 is 5.97 Å². The lowest BCUT2D eigenvalue weighted by molar-refractivity contribution is -0.347. The zero-order valence-corrected chi connectivity index (χ0v) is 46.8. The molecule has 1 saturated carbocycles. The Hall–Kier alpha value is -1.69. The van der Waals surface area contributed by atoms with Gasteiger partial charge in [-0.2, -0.15) is 0 Å². The number of hydrogen-bond acceptors (Lipinski definition) is 18. The van der Waals surface area contributed by atoms with Crippen LogP contribution < -0.4 is 0 Å². The molecule has 0 amide bonds. The molecule has 16 aliphatic rings. The molecule has 0 aromatic heterocycles. The summed E-state index contributed by atoms with van der Waals surface area (Å²) in [6, 6.07) is 0. The van der Waals surface area contributed by atoms with Crippen molar-refractivity contribution < 1.29 is 86.4 Å². The van der Waals surface area contributed by atoms with Crippen LogP contribution in [-0.2, 0) is 71.1 Å². The van der Waals surface area contributed by atoms with Crippen molar-refractivity contribution in [3.05, 3.63) is 24.3 Å². The molecule has 3 N–H and O–H groups in total. The molecule has 18 nitrogen and oxygen atoms in total. The lowest BCUT2D eigenvalue weighted by atomic mass is 9.70. The minimum atomic E-state index is -1.01. The number of ether oxygens (including phenoxy) is 14. The van der Waals surface area contributed by atoms with Gasteiger partial charge in [-0.25, -0.2) is 0 Å². The van der Waals surface area contributed by atoms with Crippen molar-refractivity contribution in [2.45, 2.75) is 307 Å². The normalized spacial score (nSPS) is 57.2. The van der Waals surface area contributed by atoms with Crippen molar-refractivity contribution in [1.29, 1.82) is 0 Å². The Bertz CT molecular complexity index is 2340. The molecule has 12 bridgehead atoms. The van der Waals surface area contributed by atoms with Gasteiger partial charge in [0.15, 0.2) is 17.4 Å². The van der Waals surface area contributed by atoms with Gasteiger partial charge in [-0.05, 0) is 86.2 Å². The van der Waals surface area contributed by atoms with E-state index in [2.05, 4.69) is 40.9 Å². The number of rotatable bonds is 4. The number of fused-ring (bicyclic) bond motifs is 10. The molecule has 16 rings (SSSR count). The third kappa shape index (κ3) is 9.44. The minimum absolute atomic E-state index is 0.00738. The SMILES string of the molecule is C=C1C[C@@H]2CC[C@@]34C[C@@H]5O[C@@H]6[C@@H](C[C@H]7CC[C@H](CC(=O)O[C@@H]8[C@@H](C)[C@@H]9O[C@@H]%10C[C@]%11(C[C@@H]%12O[C@]%13(C[C@H](C)[C@@H]%14O[C@H]([C@@H](O)C[C@@H](O)CO)C[C@@H]%14O%13)C[C@H](C)[C@@H]%12O%11)O[C@@H]%10C[C@@H]9O[C@H]8C[C@H]8O[C@@H](CC[C@@H]1O2)C[C@@H](C)C8=C)O[C@@H]7[C@@H]6O3)[C@@H]5O4. The van der Waals surface area contributed by atoms with Gasteiger partial charge >= 0.3 is 5.97 Å². The van der Waals surface area contributed by atoms with E-state index in [1.807, 2.05) is 0 Å². The van der Waals surface area contributed by atoms with Crippen LogP contribution in [0.15, 0.2) is 24.3 Å². The predicted molar refractivity (Wildman–Crippen MR) is 277 cm³/mol. The molecule has 18 heteroatoms. The van der Waals surface area contributed by atoms with E-state index in [9.17, 15) is 20.1 Å². The zero-order valence-electron chi connectivity index (χ0n) is 46.8. The molecule has 15 heterocycles. The van der Waals surface area contributed by atoms with Gasteiger partial charge in [0.25, 0.3) is 0 Å². The highest BCUT2D eigenvalue weighted by molar-refractivity contribution is 5.70. The van der Waals surface area contributed by atoms with E-state index in [0.717, 1.165) is 68.9 Å². The molecule has 15 saturated heterocycles. The van der Waals surface area contributed by atoms with Gasteiger partial charge < -0.3 is 81.6 Å². The van der Waals surface area contributed by atoms with Gasteiger partial charge in [-0.15, -0.1) is 0 Å². The molecule has 0 radical (unpaired) electrons. The summed E-state index contributed by atoms with van der Waals surface area (Å²) in [7, 11) is 0. The van der Waals surface area contributed by atoms with Crippen LogP contribution in [0.1, 0.15) is 150 Å². The van der Waals surface area contributed by atoms with Crippen molar-refractivity contribution in [3.8, 4) is 0 Å². The van der Waals surface area contributed by atoms with Gasteiger partial charge in [0.2, 0.25) is 0 Å². The van der Waals surface area contributed by atoms with Crippen molar-refractivity contribution in [2.24, 2.45) is 35.5 Å². The van der Waals surface area contributed by atoms with Gasteiger partial charge in [0, 0.05) is 76.0 Å². The average molecular weight is 1110 g/mol. The fourth-order valence-electron chi connectivity index (χ4n) is 18.8. The first-order valence-corrected chi connectivity index (χ1v) is 31.2. The van der Waals surface area contributed by atoms with Crippen molar-refractivity contribution in [3.63, 3.8) is 0 Å². The number of aliphatic hydroxyl groups excluding tert-OH is 3. The van der Waals surface area contributed by atoms with E-state index in [1.54, 1.807) is 0 Å². The predicted octanol–water partition coefficient (Wildman–Crippen LogP) is 5.79. The quantitative estimate of drug-likeness (QED) is 0.225. The molecule has 79 heavy (non-hydrogen) atoms. The van der Waals surface area contributed by atoms with Crippen LogP contribution in [0.4, 0.5) is 0 Å². The highest BCUT2D eigenvalue weighted by Gasteiger charge is 2.69.